The summed E-state index contributed by atoms with van der Waals surface area (Å²) in [5, 5.41) is 23.1. The molecule has 9 nitrogen and oxygen atoms in total. The van der Waals surface area contributed by atoms with E-state index < -0.39 is 11.2 Å². The van der Waals surface area contributed by atoms with E-state index >= 15 is 0 Å². The zero-order chi connectivity index (χ0) is 29.0. The van der Waals surface area contributed by atoms with E-state index in [0.717, 1.165) is 32.1 Å². The second-order valence-corrected chi connectivity index (χ2v) is 10.3. The van der Waals surface area contributed by atoms with Crippen LogP contribution in [0.1, 0.15) is 83.1 Å². The summed E-state index contributed by atoms with van der Waals surface area (Å²) in [7, 11) is 0. The summed E-state index contributed by atoms with van der Waals surface area (Å²) in [6.45, 7) is 2.57. The first-order chi connectivity index (χ1) is 19.4. The molecule has 0 unspecified atom stereocenters. The molecule has 4 atom stereocenters. The summed E-state index contributed by atoms with van der Waals surface area (Å²) in [5.41, 5.74) is 1.29. The molecule has 1 aromatic rings. The predicted octanol–water partition coefficient (Wildman–Crippen LogP) is 5.50. The maximum atomic E-state index is 12.6. The van der Waals surface area contributed by atoms with Gasteiger partial charge in [-0.1, -0.05) is 61.1 Å². The number of benzene rings is 1. The molecule has 1 aromatic carbocycles. The Balaban J connectivity index is 1.87. The van der Waals surface area contributed by atoms with Gasteiger partial charge in [0.15, 0.2) is 0 Å². The zero-order valence-electron chi connectivity index (χ0n) is 23.7. The largest absolute Gasteiger partial charge is 0.462 e. The van der Waals surface area contributed by atoms with Gasteiger partial charge in [0, 0.05) is 31.7 Å². The average Bonchev–Trinajstić information content (AvgIpc) is 3.21. The molecule has 2 N–H and O–H groups in total. The van der Waals surface area contributed by atoms with Crippen molar-refractivity contribution in [2.45, 2.75) is 96.2 Å². The van der Waals surface area contributed by atoms with Crippen molar-refractivity contribution in [3.05, 3.63) is 70.3 Å². The van der Waals surface area contributed by atoms with E-state index in [2.05, 4.69) is 46.6 Å². The maximum Gasteiger partial charge on any atom is 0.306 e. The quantitative estimate of drug-likeness (QED) is 0.0711. The van der Waals surface area contributed by atoms with Gasteiger partial charge in [-0.15, -0.1) is 10.1 Å². The Hall–Kier alpha value is -3.20. The Kier molecular flexibility index (Phi) is 16.3. The molecule has 9 heteroatoms. The van der Waals surface area contributed by atoms with Crippen molar-refractivity contribution in [2.24, 2.45) is 11.8 Å². The minimum Gasteiger partial charge on any atom is -0.462 e. The number of hydrogen-bond acceptors (Lipinski definition) is 7. The number of carbonyl (C=O) groups is 2. The lowest BCUT2D eigenvalue weighted by atomic mass is 9.87. The highest BCUT2D eigenvalue weighted by molar-refractivity contribution is 5.75. The van der Waals surface area contributed by atoms with Crippen molar-refractivity contribution in [1.29, 1.82) is 0 Å². The first-order valence-electron chi connectivity index (χ1n) is 14.7. The molecular weight excluding hydrogens is 512 g/mol. The SMILES string of the molecule is CCNC(=O)CCCC=CC[C@@H]1[C@@H](C/C=C/CCc2ccccc2)[C@H](OC(=O)CCCCCO[N+](=O)[O-])C[C@@H]1O. The smallest absolute Gasteiger partial charge is 0.306 e. The fraction of sp³-hybridized carbons (Fsp3) is 0.613. The van der Waals surface area contributed by atoms with Crippen molar-refractivity contribution < 1.29 is 29.4 Å². The molecule has 1 saturated carbocycles. The van der Waals surface area contributed by atoms with E-state index in [-0.39, 0.29) is 42.8 Å². The fourth-order valence-corrected chi connectivity index (χ4v) is 5.16. The number of rotatable bonds is 20. The molecule has 40 heavy (non-hydrogen) atoms. The van der Waals surface area contributed by atoms with Crippen molar-refractivity contribution in [3.8, 4) is 0 Å². The highest BCUT2D eigenvalue weighted by Crippen LogP contribution is 2.39. The Bertz CT molecular complexity index is 935. The third kappa shape index (κ3) is 13.7. The number of nitrogens with one attached hydrogen (secondary N) is 1. The average molecular weight is 559 g/mol. The predicted molar refractivity (Wildman–Crippen MR) is 154 cm³/mol. The lowest BCUT2D eigenvalue weighted by Gasteiger charge is -2.24. The van der Waals surface area contributed by atoms with E-state index in [0.29, 0.717) is 45.1 Å². The molecule has 0 saturated heterocycles. The summed E-state index contributed by atoms with van der Waals surface area (Å²) in [4.78, 5) is 38.7. The van der Waals surface area contributed by atoms with Crippen LogP contribution in [-0.2, 0) is 25.6 Å². The normalized spacial score (nSPS) is 20.6. The number of allylic oxidation sites excluding steroid dienone is 4. The molecule has 0 aromatic heterocycles. The summed E-state index contributed by atoms with van der Waals surface area (Å²) in [6.07, 6.45) is 15.3. The van der Waals surface area contributed by atoms with Crippen molar-refractivity contribution >= 4 is 11.9 Å². The third-order valence-electron chi connectivity index (χ3n) is 7.24. The van der Waals surface area contributed by atoms with Crippen LogP contribution in [0.4, 0.5) is 0 Å². The second kappa shape index (κ2) is 19.8. The van der Waals surface area contributed by atoms with Crippen LogP contribution in [0.3, 0.4) is 0 Å². The van der Waals surface area contributed by atoms with Crippen LogP contribution < -0.4 is 5.32 Å². The molecule has 0 aliphatic heterocycles. The van der Waals surface area contributed by atoms with Crippen LogP contribution in [0, 0.1) is 22.0 Å². The molecule has 222 valence electrons. The van der Waals surface area contributed by atoms with Crippen LogP contribution in [0.15, 0.2) is 54.6 Å². The molecule has 0 bridgehead atoms. The molecule has 2 rings (SSSR count). The molecular formula is C31H46N2O7. The number of aliphatic hydroxyl groups excluding tert-OH is 1. The van der Waals surface area contributed by atoms with Gasteiger partial charge in [-0.25, -0.2) is 0 Å². The second-order valence-electron chi connectivity index (χ2n) is 10.3. The van der Waals surface area contributed by atoms with E-state index in [1.807, 2.05) is 25.1 Å². The summed E-state index contributed by atoms with van der Waals surface area (Å²) >= 11 is 0. The van der Waals surface area contributed by atoms with Crippen LogP contribution in [0.2, 0.25) is 0 Å². The first-order valence-corrected chi connectivity index (χ1v) is 14.7. The van der Waals surface area contributed by atoms with Gasteiger partial charge in [-0.05, 0) is 69.8 Å². The Morgan fingerprint density at radius 1 is 1.00 bits per heavy atom. The zero-order valence-corrected chi connectivity index (χ0v) is 23.7. The van der Waals surface area contributed by atoms with Crippen molar-refractivity contribution in [3.63, 3.8) is 0 Å². The standard InChI is InChI=1S/C31H46N2O7/c1-2-32-30(35)21-13-4-3-11-19-26-27(20-12-6-10-18-25-16-8-5-9-17-25)29(24-28(26)34)40-31(36)22-14-7-15-23-39-33(37)38/h3,5-6,8-9,11-12,16-17,26-29,34H,2,4,7,10,13-15,18-24H2,1H3,(H,32,35)/b11-3?,12-6+/t26-,27-,28+,29-/m1/s1. The molecule has 0 radical (unpaired) electrons. The first kappa shape index (κ1) is 33.0. The molecule has 0 spiro atoms. The third-order valence-corrected chi connectivity index (χ3v) is 7.24. The summed E-state index contributed by atoms with van der Waals surface area (Å²) < 4.78 is 5.85. The molecule has 1 aliphatic carbocycles. The lowest BCUT2D eigenvalue weighted by molar-refractivity contribution is -0.757. The van der Waals surface area contributed by atoms with Gasteiger partial charge < -0.3 is 20.0 Å². The molecule has 0 heterocycles. The monoisotopic (exact) mass is 558 g/mol. The van der Waals surface area contributed by atoms with Crippen LogP contribution >= 0.6 is 0 Å². The van der Waals surface area contributed by atoms with Gasteiger partial charge in [-0.2, -0.15) is 0 Å². The lowest BCUT2D eigenvalue weighted by Crippen LogP contribution is -2.25. The topological polar surface area (TPSA) is 128 Å². The van der Waals surface area contributed by atoms with Crippen molar-refractivity contribution in [1.82, 2.24) is 5.32 Å². The van der Waals surface area contributed by atoms with Gasteiger partial charge in [0.25, 0.3) is 5.09 Å². The highest BCUT2D eigenvalue weighted by atomic mass is 16.9. The van der Waals surface area contributed by atoms with E-state index in [4.69, 9.17) is 4.74 Å². The molecule has 1 aliphatic rings. The van der Waals surface area contributed by atoms with Gasteiger partial charge in [-0.3, -0.25) is 9.59 Å². The van der Waals surface area contributed by atoms with Gasteiger partial charge >= 0.3 is 5.97 Å². The van der Waals surface area contributed by atoms with E-state index in [1.165, 1.54) is 5.56 Å². The molecule has 1 amide bonds. The number of ether oxygens (including phenoxy) is 1. The number of aryl methyl sites for hydroxylation is 1. The number of unbranched alkanes of at least 4 members (excludes halogenated alkanes) is 3. The number of amides is 1. The van der Waals surface area contributed by atoms with Crippen LogP contribution in [0.25, 0.3) is 0 Å². The Morgan fingerprint density at radius 2 is 1.73 bits per heavy atom. The number of nitrogens with zero attached hydrogens (tertiary/aromatic N) is 1. The van der Waals surface area contributed by atoms with Gasteiger partial charge in [0.2, 0.25) is 5.91 Å². The van der Waals surface area contributed by atoms with Gasteiger partial charge in [0.05, 0.1) is 12.7 Å². The molecule has 1 fully saturated rings. The number of carbonyl (C=O) groups excluding carboxylic acids is 2. The minimum absolute atomic E-state index is 0.0143. The van der Waals surface area contributed by atoms with Crippen LogP contribution in [-0.4, -0.2) is 47.4 Å². The number of aliphatic hydroxyl groups is 1. The highest BCUT2D eigenvalue weighted by Gasteiger charge is 2.43. The van der Waals surface area contributed by atoms with E-state index in [1.54, 1.807) is 0 Å². The fourth-order valence-electron chi connectivity index (χ4n) is 5.16. The minimum atomic E-state index is -0.812. The van der Waals surface area contributed by atoms with Gasteiger partial charge in [0.1, 0.15) is 6.10 Å². The van der Waals surface area contributed by atoms with Crippen LogP contribution in [0.5, 0.6) is 0 Å². The summed E-state index contributed by atoms with van der Waals surface area (Å²) in [6, 6.07) is 10.3. The number of hydrogen-bond donors (Lipinski definition) is 2. The summed E-state index contributed by atoms with van der Waals surface area (Å²) in [5.74, 6) is -0.237. The maximum absolute atomic E-state index is 12.6. The Morgan fingerprint density at radius 3 is 2.45 bits per heavy atom. The Labute approximate surface area is 238 Å². The van der Waals surface area contributed by atoms with E-state index in [9.17, 15) is 24.8 Å². The number of esters is 1. The van der Waals surface area contributed by atoms with Crippen molar-refractivity contribution in [2.75, 3.05) is 13.2 Å².